The SMILES string of the molecule is O=Cc1ccc2n1[C@@H](Cc1ccc(O)cc1)C(=O)OC2. The van der Waals surface area contributed by atoms with Crippen molar-refractivity contribution in [1.29, 1.82) is 0 Å². The predicted molar refractivity (Wildman–Crippen MR) is 70.5 cm³/mol. The number of hydrogen-bond donors (Lipinski definition) is 1. The number of carbonyl (C=O) groups is 2. The topological polar surface area (TPSA) is 68.5 Å². The van der Waals surface area contributed by atoms with E-state index in [-0.39, 0.29) is 18.3 Å². The molecule has 1 atom stereocenters. The first-order chi connectivity index (χ1) is 9.69. The summed E-state index contributed by atoms with van der Waals surface area (Å²) < 4.78 is 6.87. The molecule has 0 fully saturated rings. The fourth-order valence-corrected chi connectivity index (χ4v) is 2.48. The van der Waals surface area contributed by atoms with Crippen LogP contribution >= 0.6 is 0 Å². The summed E-state index contributed by atoms with van der Waals surface area (Å²) in [5.41, 5.74) is 2.18. The van der Waals surface area contributed by atoms with Crippen molar-refractivity contribution in [2.45, 2.75) is 19.1 Å². The fraction of sp³-hybridized carbons (Fsp3) is 0.200. The predicted octanol–water partition coefficient (Wildman–Crippen LogP) is 1.85. The fourth-order valence-electron chi connectivity index (χ4n) is 2.48. The van der Waals surface area contributed by atoms with E-state index in [1.165, 1.54) is 0 Å². The second-order valence-electron chi connectivity index (χ2n) is 4.73. The zero-order valence-corrected chi connectivity index (χ0v) is 10.7. The van der Waals surface area contributed by atoms with E-state index in [0.29, 0.717) is 12.1 Å². The van der Waals surface area contributed by atoms with Crippen LogP contribution in [-0.4, -0.2) is 21.9 Å². The summed E-state index contributed by atoms with van der Waals surface area (Å²) >= 11 is 0. The second kappa shape index (κ2) is 4.85. The Morgan fingerprint density at radius 3 is 2.70 bits per heavy atom. The van der Waals surface area contributed by atoms with Gasteiger partial charge in [0.1, 0.15) is 18.4 Å². The van der Waals surface area contributed by atoms with Crippen LogP contribution in [0.4, 0.5) is 0 Å². The Labute approximate surface area is 115 Å². The zero-order chi connectivity index (χ0) is 14.1. The molecule has 0 amide bonds. The van der Waals surface area contributed by atoms with Crippen LogP contribution in [0.25, 0.3) is 0 Å². The number of cyclic esters (lactones) is 1. The molecule has 0 spiro atoms. The molecule has 3 rings (SSSR count). The van der Waals surface area contributed by atoms with Crippen LogP contribution in [0.2, 0.25) is 0 Å². The average molecular weight is 271 g/mol. The number of rotatable bonds is 3. The number of aromatic hydroxyl groups is 1. The third-order valence-corrected chi connectivity index (χ3v) is 3.47. The number of fused-ring (bicyclic) bond motifs is 1. The first-order valence-corrected chi connectivity index (χ1v) is 6.29. The van der Waals surface area contributed by atoms with Gasteiger partial charge in [-0.1, -0.05) is 12.1 Å². The molecular formula is C15H13NO4. The zero-order valence-electron chi connectivity index (χ0n) is 10.7. The van der Waals surface area contributed by atoms with Crippen molar-refractivity contribution in [2.24, 2.45) is 0 Å². The molecule has 5 heteroatoms. The van der Waals surface area contributed by atoms with Gasteiger partial charge in [-0.15, -0.1) is 0 Å². The Balaban J connectivity index is 1.96. The quantitative estimate of drug-likeness (QED) is 0.683. The molecular weight excluding hydrogens is 258 g/mol. The summed E-state index contributed by atoms with van der Waals surface area (Å²) in [6, 6.07) is 9.58. The number of phenols is 1. The molecule has 0 saturated heterocycles. The smallest absolute Gasteiger partial charge is 0.329 e. The van der Waals surface area contributed by atoms with Gasteiger partial charge in [0, 0.05) is 6.42 Å². The highest BCUT2D eigenvalue weighted by atomic mass is 16.5. The van der Waals surface area contributed by atoms with Crippen molar-refractivity contribution in [3.63, 3.8) is 0 Å². The molecule has 1 aromatic heterocycles. The van der Waals surface area contributed by atoms with E-state index in [2.05, 4.69) is 0 Å². The van der Waals surface area contributed by atoms with Gasteiger partial charge >= 0.3 is 5.97 Å². The Morgan fingerprint density at radius 2 is 2.00 bits per heavy atom. The van der Waals surface area contributed by atoms with E-state index >= 15 is 0 Å². The van der Waals surface area contributed by atoms with Crippen LogP contribution in [0, 0.1) is 0 Å². The van der Waals surface area contributed by atoms with Gasteiger partial charge in [-0.3, -0.25) is 4.79 Å². The van der Waals surface area contributed by atoms with Gasteiger partial charge in [0.25, 0.3) is 0 Å². The van der Waals surface area contributed by atoms with Crippen LogP contribution in [0.5, 0.6) is 5.75 Å². The molecule has 0 bridgehead atoms. The molecule has 5 nitrogen and oxygen atoms in total. The van der Waals surface area contributed by atoms with Crippen molar-refractivity contribution in [2.75, 3.05) is 0 Å². The number of aldehydes is 1. The Morgan fingerprint density at radius 1 is 1.25 bits per heavy atom. The average Bonchev–Trinajstić information content (AvgIpc) is 2.87. The first-order valence-electron chi connectivity index (χ1n) is 6.29. The number of ether oxygens (including phenoxy) is 1. The van der Waals surface area contributed by atoms with Gasteiger partial charge in [0.15, 0.2) is 6.29 Å². The standard InChI is InChI=1S/C15H13NO4/c17-8-11-3-4-12-9-20-15(19)14(16(11)12)7-10-1-5-13(18)6-2-10/h1-6,8,14,18H,7,9H2/t14-/m0/s1. The molecule has 1 aromatic carbocycles. The van der Waals surface area contributed by atoms with Gasteiger partial charge in [0.2, 0.25) is 0 Å². The molecule has 1 N–H and O–H groups in total. The number of esters is 1. The lowest BCUT2D eigenvalue weighted by atomic mass is 10.0. The van der Waals surface area contributed by atoms with E-state index in [4.69, 9.17) is 4.74 Å². The van der Waals surface area contributed by atoms with Crippen molar-refractivity contribution in [3.8, 4) is 5.75 Å². The lowest BCUT2D eigenvalue weighted by Crippen LogP contribution is -2.31. The highest BCUT2D eigenvalue weighted by molar-refractivity contribution is 5.80. The molecule has 0 aliphatic carbocycles. The van der Waals surface area contributed by atoms with Gasteiger partial charge in [-0.25, -0.2) is 4.79 Å². The maximum absolute atomic E-state index is 12.0. The molecule has 2 heterocycles. The van der Waals surface area contributed by atoms with Gasteiger partial charge in [0.05, 0.1) is 11.4 Å². The maximum atomic E-state index is 12.0. The van der Waals surface area contributed by atoms with E-state index in [1.54, 1.807) is 41.0 Å². The molecule has 1 aliphatic rings. The Hall–Kier alpha value is -2.56. The monoisotopic (exact) mass is 271 g/mol. The largest absolute Gasteiger partial charge is 0.508 e. The van der Waals surface area contributed by atoms with E-state index in [0.717, 1.165) is 17.5 Å². The maximum Gasteiger partial charge on any atom is 0.329 e. The van der Waals surface area contributed by atoms with Crippen LogP contribution < -0.4 is 0 Å². The second-order valence-corrected chi connectivity index (χ2v) is 4.73. The third kappa shape index (κ3) is 2.07. The number of hydrogen-bond acceptors (Lipinski definition) is 4. The lowest BCUT2D eigenvalue weighted by molar-refractivity contribution is -0.152. The van der Waals surface area contributed by atoms with Crippen molar-refractivity contribution < 1.29 is 19.4 Å². The van der Waals surface area contributed by atoms with E-state index in [1.807, 2.05) is 0 Å². The van der Waals surface area contributed by atoms with Gasteiger partial charge < -0.3 is 14.4 Å². The molecule has 2 aromatic rings. The van der Waals surface area contributed by atoms with Gasteiger partial charge in [-0.05, 0) is 29.8 Å². The highest BCUT2D eigenvalue weighted by Gasteiger charge is 2.30. The lowest BCUT2D eigenvalue weighted by Gasteiger charge is -2.26. The number of nitrogens with zero attached hydrogens (tertiary/aromatic N) is 1. The minimum atomic E-state index is -0.543. The summed E-state index contributed by atoms with van der Waals surface area (Å²) in [6.07, 6.45) is 1.16. The molecule has 0 radical (unpaired) electrons. The van der Waals surface area contributed by atoms with Crippen LogP contribution in [0.3, 0.4) is 0 Å². The van der Waals surface area contributed by atoms with Crippen molar-refractivity contribution >= 4 is 12.3 Å². The molecule has 102 valence electrons. The molecule has 1 aliphatic heterocycles. The Bertz CT molecular complexity index is 657. The summed E-state index contributed by atoms with van der Waals surface area (Å²) in [4.78, 5) is 23.1. The summed E-state index contributed by atoms with van der Waals surface area (Å²) in [5.74, 6) is -0.167. The number of phenolic OH excluding ortho intramolecular Hbond substituents is 1. The van der Waals surface area contributed by atoms with Crippen molar-refractivity contribution in [1.82, 2.24) is 4.57 Å². The minimum absolute atomic E-state index is 0.176. The van der Waals surface area contributed by atoms with E-state index < -0.39 is 6.04 Å². The minimum Gasteiger partial charge on any atom is -0.508 e. The number of benzene rings is 1. The van der Waals surface area contributed by atoms with E-state index in [9.17, 15) is 14.7 Å². The van der Waals surface area contributed by atoms with Gasteiger partial charge in [-0.2, -0.15) is 0 Å². The summed E-state index contributed by atoms with van der Waals surface area (Å²) in [5, 5.41) is 9.28. The molecule has 20 heavy (non-hydrogen) atoms. The Kier molecular flexibility index (Phi) is 3.02. The summed E-state index contributed by atoms with van der Waals surface area (Å²) in [6.45, 7) is 0.193. The van der Waals surface area contributed by atoms with Crippen molar-refractivity contribution in [3.05, 3.63) is 53.3 Å². The normalized spacial score (nSPS) is 17.4. The number of aromatic nitrogens is 1. The van der Waals surface area contributed by atoms with Crippen LogP contribution in [0.15, 0.2) is 36.4 Å². The van der Waals surface area contributed by atoms with Crippen LogP contribution in [0.1, 0.15) is 27.8 Å². The first kappa shape index (κ1) is 12.5. The molecule has 0 unspecified atom stereocenters. The van der Waals surface area contributed by atoms with Crippen LogP contribution in [-0.2, 0) is 22.6 Å². The molecule has 0 saturated carbocycles. The third-order valence-electron chi connectivity index (χ3n) is 3.47. The summed E-state index contributed by atoms with van der Waals surface area (Å²) in [7, 11) is 0. The highest BCUT2D eigenvalue weighted by Crippen LogP contribution is 2.27. The number of carbonyl (C=O) groups excluding carboxylic acids is 2.